The highest BCUT2D eigenvalue weighted by molar-refractivity contribution is 6.08. The van der Waals surface area contributed by atoms with Gasteiger partial charge in [-0.3, -0.25) is 14.0 Å². The van der Waals surface area contributed by atoms with Gasteiger partial charge in [0.2, 0.25) is 5.82 Å². The quantitative estimate of drug-likeness (QED) is 0.647. The number of likely N-dealkylation sites (N-methyl/N-ethyl adjacent to an activating group) is 1. The van der Waals surface area contributed by atoms with E-state index in [4.69, 9.17) is 0 Å². The first kappa shape index (κ1) is 20.5. The summed E-state index contributed by atoms with van der Waals surface area (Å²) in [6.45, 7) is 5.46. The van der Waals surface area contributed by atoms with Crippen LogP contribution in [0.4, 0.5) is 5.69 Å². The van der Waals surface area contributed by atoms with Gasteiger partial charge in [0.25, 0.3) is 11.8 Å². The summed E-state index contributed by atoms with van der Waals surface area (Å²) in [6.07, 6.45) is 1.73. The van der Waals surface area contributed by atoms with Crippen LogP contribution in [0.2, 0.25) is 0 Å². The lowest BCUT2D eigenvalue weighted by molar-refractivity contribution is 0.0940. The van der Waals surface area contributed by atoms with E-state index in [-0.39, 0.29) is 23.3 Å². The summed E-state index contributed by atoms with van der Waals surface area (Å²) in [4.78, 5) is 31.8. The molecule has 0 fully saturated rings. The minimum atomic E-state index is -0.349. The number of imidazole rings is 1. The lowest BCUT2D eigenvalue weighted by Crippen LogP contribution is -2.32. The largest absolute Gasteiger partial charge is 0.348 e. The van der Waals surface area contributed by atoms with Crippen LogP contribution in [0.3, 0.4) is 0 Å². The maximum absolute atomic E-state index is 12.9. The van der Waals surface area contributed by atoms with Crippen LogP contribution in [0.5, 0.6) is 0 Å². The fourth-order valence-electron chi connectivity index (χ4n) is 2.98. The van der Waals surface area contributed by atoms with Crippen molar-refractivity contribution in [3.05, 3.63) is 65.7 Å². The summed E-state index contributed by atoms with van der Waals surface area (Å²) in [6, 6.07) is 13.1. The minimum absolute atomic E-state index is 0.194. The lowest BCUT2D eigenvalue weighted by Gasteiger charge is -2.09. The van der Waals surface area contributed by atoms with E-state index in [1.54, 1.807) is 22.7 Å². The molecule has 7 heteroatoms. The van der Waals surface area contributed by atoms with Crippen molar-refractivity contribution < 1.29 is 9.59 Å². The van der Waals surface area contributed by atoms with Crippen LogP contribution in [-0.4, -0.2) is 53.3 Å². The molecule has 2 amide bonds. The second-order valence-electron chi connectivity index (χ2n) is 7.53. The summed E-state index contributed by atoms with van der Waals surface area (Å²) < 4.78 is 1.64. The molecule has 0 atom stereocenters. The van der Waals surface area contributed by atoms with Gasteiger partial charge < -0.3 is 15.5 Å². The summed E-state index contributed by atoms with van der Waals surface area (Å²) in [7, 11) is 3.88. The number of anilines is 1. The van der Waals surface area contributed by atoms with Gasteiger partial charge in [-0.1, -0.05) is 32.0 Å². The number of nitrogens with one attached hydrogen (secondary N) is 2. The molecule has 0 bridgehead atoms. The monoisotopic (exact) mass is 393 g/mol. The van der Waals surface area contributed by atoms with Crippen LogP contribution in [0.25, 0.3) is 5.52 Å². The van der Waals surface area contributed by atoms with Gasteiger partial charge in [0, 0.05) is 25.0 Å². The minimum Gasteiger partial charge on any atom is -0.348 e. The Morgan fingerprint density at radius 2 is 1.79 bits per heavy atom. The molecule has 3 rings (SSSR count). The molecule has 7 nitrogen and oxygen atoms in total. The highest BCUT2D eigenvalue weighted by atomic mass is 16.2. The number of amides is 2. The van der Waals surface area contributed by atoms with E-state index in [0.29, 0.717) is 23.7 Å². The van der Waals surface area contributed by atoms with Gasteiger partial charge in [-0.25, -0.2) is 4.98 Å². The predicted molar refractivity (Wildman–Crippen MR) is 115 cm³/mol. The second kappa shape index (κ2) is 8.87. The molecule has 0 radical (unpaired) electrons. The van der Waals surface area contributed by atoms with Crippen LogP contribution in [0.1, 0.15) is 46.4 Å². The molecular weight excluding hydrogens is 366 g/mol. The van der Waals surface area contributed by atoms with Crippen LogP contribution in [0, 0.1) is 0 Å². The standard InChI is InChI=1S/C22H27N5O2/c1-15(2)16-8-10-17(11-9-16)24-21(28)19-18-7-5-6-13-27(18)20(25-19)22(29)23-12-14-26(3)4/h5-11,13,15H,12,14H2,1-4H3,(H,23,29)(H,24,28). The molecule has 29 heavy (non-hydrogen) atoms. The summed E-state index contributed by atoms with van der Waals surface area (Å²) in [5.74, 6) is -0.0446. The number of benzene rings is 1. The van der Waals surface area contributed by atoms with Gasteiger partial charge in [-0.2, -0.15) is 0 Å². The van der Waals surface area contributed by atoms with Crippen molar-refractivity contribution in [1.29, 1.82) is 0 Å². The molecule has 0 spiro atoms. The van der Waals surface area contributed by atoms with Crippen molar-refractivity contribution in [2.75, 3.05) is 32.5 Å². The summed E-state index contributed by atoms with van der Waals surface area (Å²) in [5.41, 5.74) is 2.69. The average molecular weight is 393 g/mol. The van der Waals surface area contributed by atoms with Gasteiger partial charge in [0.1, 0.15) is 0 Å². The van der Waals surface area contributed by atoms with E-state index in [1.807, 2.05) is 49.3 Å². The zero-order valence-electron chi connectivity index (χ0n) is 17.3. The molecule has 2 N–H and O–H groups in total. The number of carbonyl (C=O) groups is 2. The van der Waals surface area contributed by atoms with Crippen molar-refractivity contribution in [3.8, 4) is 0 Å². The molecule has 0 unspecified atom stereocenters. The number of pyridine rings is 1. The zero-order valence-corrected chi connectivity index (χ0v) is 17.3. The Morgan fingerprint density at radius 3 is 2.45 bits per heavy atom. The summed E-state index contributed by atoms with van der Waals surface area (Å²) in [5, 5.41) is 5.72. The van der Waals surface area contributed by atoms with Crippen LogP contribution in [-0.2, 0) is 0 Å². The van der Waals surface area contributed by atoms with E-state index in [1.165, 1.54) is 5.56 Å². The Kier molecular flexibility index (Phi) is 6.29. The van der Waals surface area contributed by atoms with Gasteiger partial charge in [0.05, 0.1) is 5.52 Å². The number of hydrogen-bond donors (Lipinski definition) is 2. The van der Waals surface area contributed by atoms with E-state index in [2.05, 4.69) is 29.5 Å². The van der Waals surface area contributed by atoms with Crippen molar-refractivity contribution in [1.82, 2.24) is 19.6 Å². The number of carbonyl (C=O) groups excluding carboxylic acids is 2. The number of aromatic nitrogens is 2. The Hall–Kier alpha value is -3.19. The third kappa shape index (κ3) is 4.81. The highest BCUT2D eigenvalue weighted by Gasteiger charge is 2.21. The third-order valence-corrected chi connectivity index (χ3v) is 4.65. The molecular formula is C22H27N5O2. The number of rotatable bonds is 7. The van der Waals surface area contributed by atoms with Gasteiger partial charge in [-0.15, -0.1) is 0 Å². The van der Waals surface area contributed by atoms with Gasteiger partial charge >= 0.3 is 0 Å². The van der Waals surface area contributed by atoms with Crippen molar-refractivity contribution in [2.24, 2.45) is 0 Å². The van der Waals surface area contributed by atoms with Gasteiger partial charge in [-0.05, 0) is 49.8 Å². The molecule has 0 aliphatic rings. The van der Waals surface area contributed by atoms with Crippen LogP contribution >= 0.6 is 0 Å². The average Bonchev–Trinajstić information content (AvgIpc) is 3.08. The van der Waals surface area contributed by atoms with E-state index in [0.717, 1.165) is 6.54 Å². The predicted octanol–water partition coefficient (Wildman–Crippen LogP) is 3.00. The molecule has 0 aliphatic heterocycles. The number of fused-ring (bicyclic) bond motifs is 1. The van der Waals surface area contributed by atoms with E-state index in [9.17, 15) is 9.59 Å². The summed E-state index contributed by atoms with van der Waals surface area (Å²) >= 11 is 0. The van der Waals surface area contributed by atoms with Crippen LogP contribution in [0.15, 0.2) is 48.7 Å². The molecule has 0 aliphatic carbocycles. The Labute approximate surface area is 170 Å². The molecule has 2 aromatic heterocycles. The fraction of sp³-hybridized carbons (Fsp3) is 0.318. The van der Waals surface area contributed by atoms with Crippen molar-refractivity contribution in [2.45, 2.75) is 19.8 Å². The third-order valence-electron chi connectivity index (χ3n) is 4.65. The molecule has 0 saturated heterocycles. The van der Waals surface area contributed by atoms with Crippen LogP contribution < -0.4 is 10.6 Å². The van der Waals surface area contributed by atoms with Crippen molar-refractivity contribution in [3.63, 3.8) is 0 Å². The first-order chi connectivity index (χ1) is 13.9. The maximum atomic E-state index is 12.9. The second-order valence-corrected chi connectivity index (χ2v) is 7.53. The lowest BCUT2D eigenvalue weighted by atomic mass is 10.0. The Balaban J connectivity index is 1.83. The molecule has 0 saturated carbocycles. The Morgan fingerprint density at radius 1 is 1.07 bits per heavy atom. The maximum Gasteiger partial charge on any atom is 0.287 e. The van der Waals surface area contributed by atoms with E-state index < -0.39 is 0 Å². The first-order valence-electron chi connectivity index (χ1n) is 9.68. The van der Waals surface area contributed by atoms with E-state index >= 15 is 0 Å². The number of nitrogens with zero attached hydrogens (tertiary/aromatic N) is 3. The fourth-order valence-corrected chi connectivity index (χ4v) is 2.98. The molecule has 3 aromatic rings. The highest BCUT2D eigenvalue weighted by Crippen LogP contribution is 2.19. The Bertz CT molecular complexity index is 1010. The molecule has 1 aromatic carbocycles. The SMILES string of the molecule is CC(C)c1ccc(NC(=O)c2nc(C(=O)NCCN(C)C)n3ccccc23)cc1. The zero-order chi connectivity index (χ0) is 21.0. The number of hydrogen-bond acceptors (Lipinski definition) is 4. The first-order valence-corrected chi connectivity index (χ1v) is 9.68. The normalized spacial score (nSPS) is 11.2. The molecule has 2 heterocycles. The smallest absolute Gasteiger partial charge is 0.287 e. The van der Waals surface area contributed by atoms with Gasteiger partial charge in [0.15, 0.2) is 5.69 Å². The topological polar surface area (TPSA) is 78.7 Å². The molecule has 152 valence electrons. The van der Waals surface area contributed by atoms with Crippen molar-refractivity contribution >= 4 is 23.0 Å².